The molecule has 2 bridgehead atoms. The molecule has 2 heterocycles. The van der Waals surface area contributed by atoms with E-state index in [2.05, 4.69) is 29.2 Å². The number of carbonyl (C=O) groups excluding carboxylic acids is 1. The van der Waals surface area contributed by atoms with Crippen molar-refractivity contribution in [2.24, 2.45) is 0 Å². The number of carbonyl (C=O) groups is 1. The Kier molecular flexibility index (Phi) is 4.85. The minimum atomic E-state index is -0.279. The molecule has 0 saturated carbocycles. The first kappa shape index (κ1) is 19.5. The molecule has 1 aromatic heterocycles. The number of fused-ring (bicyclic) bond motifs is 6. The predicted octanol–water partition coefficient (Wildman–Crippen LogP) is 5.05. The van der Waals surface area contributed by atoms with E-state index < -0.39 is 0 Å². The minimum Gasteiger partial charge on any atom is -0.493 e. The monoisotopic (exact) mass is 418 g/mol. The van der Waals surface area contributed by atoms with Gasteiger partial charge in [-0.15, -0.1) is 0 Å². The highest BCUT2D eigenvalue weighted by atomic mass is 16.5. The summed E-state index contributed by atoms with van der Waals surface area (Å²) < 4.78 is 16.6. The van der Waals surface area contributed by atoms with E-state index in [9.17, 15) is 4.79 Å². The van der Waals surface area contributed by atoms with Gasteiger partial charge in [0.15, 0.2) is 11.5 Å². The summed E-state index contributed by atoms with van der Waals surface area (Å²) in [5.41, 5.74) is 4.59. The van der Waals surface area contributed by atoms with Crippen LogP contribution in [0.1, 0.15) is 17.5 Å². The van der Waals surface area contributed by atoms with Gasteiger partial charge in [0.2, 0.25) is 0 Å². The maximum Gasteiger partial charge on any atom is 0.409 e. The van der Waals surface area contributed by atoms with Gasteiger partial charge in [-0.1, -0.05) is 18.2 Å². The van der Waals surface area contributed by atoms with Crippen LogP contribution in [0.4, 0.5) is 4.79 Å². The lowest BCUT2D eigenvalue weighted by molar-refractivity contribution is 0.123. The maximum absolute atomic E-state index is 12.3. The fraction of sp³-hybridized carbons (Fsp3) is 0.320. The van der Waals surface area contributed by atoms with E-state index in [0.717, 1.165) is 46.0 Å². The van der Waals surface area contributed by atoms with Crippen LogP contribution in [0.3, 0.4) is 0 Å². The van der Waals surface area contributed by atoms with Crippen LogP contribution in [0.5, 0.6) is 11.5 Å². The summed E-state index contributed by atoms with van der Waals surface area (Å²) in [4.78, 5) is 17.7. The first-order valence-electron chi connectivity index (χ1n) is 10.6. The zero-order valence-electron chi connectivity index (χ0n) is 18.1. The number of benzene rings is 3. The van der Waals surface area contributed by atoms with E-state index in [1.54, 1.807) is 19.1 Å². The van der Waals surface area contributed by atoms with Crippen LogP contribution in [-0.4, -0.2) is 50.4 Å². The first-order chi connectivity index (χ1) is 15.2. The molecule has 1 aliphatic heterocycles. The van der Waals surface area contributed by atoms with Crippen LogP contribution in [-0.2, 0) is 17.6 Å². The summed E-state index contributed by atoms with van der Waals surface area (Å²) in [5, 5.41) is 4.57. The number of aromatic amines is 1. The summed E-state index contributed by atoms with van der Waals surface area (Å²) >= 11 is 0. The van der Waals surface area contributed by atoms with Crippen molar-refractivity contribution in [1.82, 2.24) is 9.88 Å². The molecule has 0 aliphatic carbocycles. The number of hydrogen-bond donors (Lipinski definition) is 1. The lowest BCUT2D eigenvalue weighted by Gasteiger charge is -2.24. The molecule has 0 spiro atoms. The minimum absolute atomic E-state index is 0.279. The summed E-state index contributed by atoms with van der Waals surface area (Å²) in [5.74, 6) is 1.42. The Labute approximate surface area is 180 Å². The molecule has 6 heteroatoms. The summed E-state index contributed by atoms with van der Waals surface area (Å²) in [6.07, 6.45) is 2.17. The van der Waals surface area contributed by atoms with Crippen LogP contribution >= 0.6 is 0 Å². The highest BCUT2D eigenvalue weighted by Gasteiger charge is 2.23. The van der Waals surface area contributed by atoms with Crippen LogP contribution in [0.2, 0.25) is 0 Å². The molecule has 160 valence electrons. The molecule has 3 aromatic carbocycles. The standard InChI is InChI=1S/C25H26N2O4/c1-29-20-14-15-10-12-27(25(28)31-3)11-6-7-16-13-18(15)22(24(20)30-2)23-21(16)17-8-4-5-9-19(17)26-23/h4-5,8-9,13-14,26H,6-7,10-12H2,1-3H3. The number of hydrogen-bond acceptors (Lipinski definition) is 4. The average molecular weight is 418 g/mol. The Morgan fingerprint density at radius 1 is 0.935 bits per heavy atom. The van der Waals surface area contributed by atoms with Crippen molar-refractivity contribution in [3.63, 3.8) is 0 Å². The zero-order valence-corrected chi connectivity index (χ0v) is 18.1. The van der Waals surface area contributed by atoms with Gasteiger partial charge in [-0.3, -0.25) is 0 Å². The van der Waals surface area contributed by atoms with Gasteiger partial charge in [-0.2, -0.15) is 0 Å². The average Bonchev–Trinajstić information content (AvgIpc) is 3.20. The molecule has 1 amide bonds. The Balaban J connectivity index is 1.87. The third-order valence-corrected chi connectivity index (χ3v) is 6.35. The summed E-state index contributed by atoms with van der Waals surface area (Å²) in [7, 11) is 4.78. The molecule has 0 atom stereocenters. The van der Waals surface area contributed by atoms with Crippen molar-refractivity contribution < 1.29 is 19.0 Å². The van der Waals surface area contributed by atoms with Crippen LogP contribution in [0, 0.1) is 0 Å². The maximum atomic E-state index is 12.3. The number of para-hydroxylation sites is 1. The number of aromatic nitrogens is 1. The van der Waals surface area contributed by atoms with Crippen molar-refractivity contribution in [2.45, 2.75) is 19.3 Å². The van der Waals surface area contributed by atoms with Gasteiger partial charge in [-0.05, 0) is 54.0 Å². The number of ether oxygens (including phenoxy) is 3. The Morgan fingerprint density at radius 3 is 2.55 bits per heavy atom. The van der Waals surface area contributed by atoms with Gasteiger partial charge in [0.1, 0.15) is 0 Å². The zero-order chi connectivity index (χ0) is 21.5. The number of amides is 1. The number of aryl methyl sites for hydroxylation is 1. The summed E-state index contributed by atoms with van der Waals surface area (Å²) in [6.45, 7) is 1.26. The van der Waals surface area contributed by atoms with E-state index >= 15 is 0 Å². The van der Waals surface area contributed by atoms with E-state index in [1.807, 2.05) is 12.1 Å². The second-order valence-corrected chi connectivity index (χ2v) is 7.96. The molecule has 31 heavy (non-hydrogen) atoms. The van der Waals surface area contributed by atoms with Crippen molar-refractivity contribution >= 4 is 38.7 Å². The van der Waals surface area contributed by atoms with Crippen LogP contribution in [0.15, 0.2) is 36.4 Å². The van der Waals surface area contributed by atoms with E-state index in [4.69, 9.17) is 14.2 Å². The predicted molar refractivity (Wildman–Crippen MR) is 122 cm³/mol. The lowest BCUT2D eigenvalue weighted by Crippen LogP contribution is -2.34. The Bertz CT molecular complexity index is 1310. The molecule has 0 unspecified atom stereocenters. The molecule has 5 rings (SSSR count). The first-order valence-corrected chi connectivity index (χ1v) is 10.6. The lowest BCUT2D eigenvalue weighted by atomic mass is 9.92. The number of nitrogens with one attached hydrogen (secondary N) is 1. The van der Waals surface area contributed by atoms with E-state index in [1.165, 1.54) is 23.4 Å². The fourth-order valence-corrected chi connectivity index (χ4v) is 4.93. The van der Waals surface area contributed by atoms with Crippen LogP contribution in [0.25, 0.3) is 32.6 Å². The van der Waals surface area contributed by atoms with Gasteiger partial charge < -0.3 is 24.1 Å². The van der Waals surface area contributed by atoms with E-state index in [-0.39, 0.29) is 6.09 Å². The molecule has 6 nitrogen and oxygen atoms in total. The van der Waals surface area contributed by atoms with Gasteiger partial charge in [0, 0.05) is 29.4 Å². The normalized spacial score (nSPS) is 14.4. The van der Waals surface area contributed by atoms with Crippen molar-refractivity contribution in [3.05, 3.63) is 47.5 Å². The topological polar surface area (TPSA) is 63.8 Å². The fourth-order valence-electron chi connectivity index (χ4n) is 4.93. The van der Waals surface area contributed by atoms with Gasteiger partial charge in [0.05, 0.1) is 32.2 Å². The SMILES string of the molecule is COC(=O)N1CCCc2cc3c(cc(OC)c(OC)c3c3[nH]c4ccccc4c23)CC1. The van der Waals surface area contributed by atoms with Crippen LogP contribution < -0.4 is 9.47 Å². The van der Waals surface area contributed by atoms with Crippen molar-refractivity contribution in [1.29, 1.82) is 0 Å². The summed E-state index contributed by atoms with van der Waals surface area (Å²) in [6, 6.07) is 12.7. The molecule has 1 N–H and O–H groups in total. The van der Waals surface area contributed by atoms with Gasteiger partial charge in [0.25, 0.3) is 0 Å². The second kappa shape index (κ2) is 7.69. The smallest absolute Gasteiger partial charge is 0.409 e. The van der Waals surface area contributed by atoms with E-state index in [0.29, 0.717) is 25.3 Å². The van der Waals surface area contributed by atoms with Crippen molar-refractivity contribution in [2.75, 3.05) is 34.4 Å². The molecule has 0 fully saturated rings. The van der Waals surface area contributed by atoms with Gasteiger partial charge in [-0.25, -0.2) is 4.79 Å². The Hall–Kier alpha value is -3.41. The number of H-pyrrole nitrogens is 1. The highest BCUT2D eigenvalue weighted by Crippen LogP contribution is 2.45. The molecular formula is C25H26N2O4. The number of nitrogens with zero attached hydrogens (tertiary/aromatic N) is 1. The Morgan fingerprint density at radius 2 is 1.77 bits per heavy atom. The quantitative estimate of drug-likeness (QED) is 0.495. The largest absolute Gasteiger partial charge is 0.493 e. The molecule has 4 aromatic rings. The number of rotatable bonds is 2. The van der Waals surface area contributed by atoms with Gasteiger partial charge >= 0.3 is 6.09 Å². The third kappa shape index (κ3) is 3.05. The molecule has 0 radical (unpaired) electrons. The number of methoxy groups -OCH3 is 3. The third-order valence-electron chi connectivity index (χ3n) is 6.35. The molecule has 1 aliphatic rings. The molecule has 0 saturated heterocycles. The second-order valence-electron chi connectivity index (χ2n) is 7.96. The highest BCUT2D eigenvalue weighted by molar-refractivity contribution is 6.21. The van der Waals surface area contributed by atoms with Crippen molar-refractivity contribution in [3.8, 4) is 11.5 Å². The molecular weight excluding hydrogens is 392 g/mol.